The first-order chi connectivity index (χ1) is 12.0. The van der Waals surface area contributed by atoms with E-state index in [1.165, 1.54) is 5.56 Å². The Labute approximate surface area is 151 Å². The lowest BCUT2D eigenvalue weighted by molar-refractivity contribution is 0.102. The number of benzene rings is 2. The van der Waals surface area contributed by atoms with Gasteiger partial charge in [-0.05, 0) is 50.2 Å². The van der Waals surface area contributed by atoms with Gasteiger partial charge in [0.25, 0.3) is 5.91 Å². The van der Waals surface area contributed by atoms with Crippen LogP contribution < -0.4 is 10.6 Å². The number of halogens is 1. The Hall–Kier alpha value is -2.92. The van der Waals surface area contributed by atoms with E-state index in [9.17, 15) is 4.79 Å². The summed E-state index contributed by atoms with van der Waals surface area (Å²) in [6.07, 6.45) is 0. The quantitative estimate of drug-likeness (QED) is 0.711. The molecule has 0 unspecified atom stereocenters. The fourth-order valence-electron chi connectivity index (χ4n) is 2.26. The molecule has 126 valence electrons. The Morgan fingerprint density at radius 3 is 2.24 bits per heavy atom. The smallest absolute Gasteiger partial charge is 0.274 e. The molecule has 25 heavy (non-hydrogen) atoms. The molecule has 0 aliphatic carbocycles. The number of aromatic nitrogens is 2. The van der Waals surface area contributed by atoms with Gasteiger partial charge < -0.3 is 10.6 Å². The fourth-order valence-corrected chi connectivity index (χ4v) is 2.39. The first kappa shape index (κ1) is 16.9. The standard InChI is InChI=1S/C19H17ClN4O/c1-12-3-7-15(8-4-12)23-18-11-17(21-13(2)22-18)19(25)24-16-9-5-14(20)6-10-16/h3-11H,1-2H3,(H,24,25)(H,21,22,23). The lowest BCUT2D eigenvalue weighted by Crippen LogP contribution is -2.15. The van der Waals surface area contributed by atoms with Gasteiger partial charge in [-0.2, -0.15) is 0 Å². The van der Waals surface area contributed by atoms with Crippen molar-refractivity contribution in [2.75, 3.05) is 10.6 Å². The second kappa shape index (κ2) is 7.32. The van der Waals surface area contributed by atoms with Crippen LogP contribution in [0.4, 0.5) is 17.2 Å². The summed E-state index contributed by atoms with van der Waals surface area (Å²) in [7, 11) is 0. The largest absolute Gasteiger partial charge is 0.340 e. The Morgan fingerprint density at radius 2 is 1.56 bits per heavy atom. The zero-order valence-electron chi connectivity index (χ0n) is 13.9. The molecule has 0 bridgehead atoms. The highest BCUT2D eigenvalue weighted by molar-refractivity contribution is 6.30. The molecular weight excluding hydrogens is 336 g/mol. The predicted molar refractivity (Wildman–Crippen MR) is 101 cm³/mol. The number of carbonyl (C=O) groups is 1. The van der Waals surface area contributed by atoms with E-state index < -0.39 is 0 Å². The van der Waals surface area contributed by atoms with Crippen molar-refractivity contribution in [1.82, 2.24) is 9.97 Å². The first-order valence-electron chi connectivity index (χ1n) is 7.76. The number of hydrogen-bond acceptors (Lipinski definition) is 4. The molecule has 3 rings (SSSR count). The maximum atomic E-state index is 12.4. The Bertz CT molecular complexity index is 892. The minimum Gasteiger partial charge on any atom is -0.340 e. The molecule has 1 heterocycles. The summed E-state index contributed by atoms with van der Waals surface area (Å²) in [5.74, 6) is 0.774. The van der Waals surface area contributed by atoms with Crippen LogP contribution in [0.15, 0.2) is 54.6 Å². The second-order valence-electron chi connectivity index (χ2n) is 5.64. The number of rotatable bonds is 4. The predicted octanol–water partition coefficient (Wildman–Crippen LogP) is 4.74. The number of nitrogens with one attached hydrogen (secondary N) is 2. The number of anilines is 3. The van der Waals surface area contributed by atoms with Gasteiger partial charge in [-0.15, -0.1) is 0 Å². The number of amides is 1. The molecule has 0 aliphatic rings. The zero-order chi connectivity index (χ0) is 17.8. The van der Waals surface area contributed by atoms with E-state index in [0.29, 0.717) is 22.4 Å². The summed E-state index contributed by atoms with van der Waals surface area (Å²) in [6.45, 7) is 3.78. The summed E-state index contributed by atoms with van der Waals surface area (Å²) >= 11 is 5.85. The van der Waals surface area contributed by atoms with E-state index >= 15 is 0 Å². The van der Waals surface area contributed by atoms with Gasteiger partial charge in [-0.1, -0.05) is 29.3 Å². The van der Waals surface area contributed by atoms with Crippen LogP contribution in [-0.2, 0) is 0 Å². The molecule has 2 aromatic carbocycles. The Balaban J connectivity index is 1.79. The van der Waals surface area contributed by atoms with Crippen LogP contribution in [-0.4, -0.2) is 15.9 Å². The Morgan fingerprint density at radius 1 is 0.920 bits per heavy atom. The Kier molecular flexibility index (Phi) is 4.95. The van der Waals surface area contributed by atoms with Crippen LogP contribution in [0, 0.1) is 13.8 Å². The van der Waals surface area contributed by atoms with Gasteiger partial charge in [-0.3, -0.25) is 4.79 Å². The van der Waals surface area contributed by atoms with E-state index in [1.807, 2.05) is 31.2 Å². The second-order valence-corrected chi connectivity index (χ2v) is 6.07. The molecule has 0 spiro atoms. The average Bonchev–Trinajstić information content (AvgIpc) is 2.58. The molecule has 0 saturated heterocycles. The molecule has 0 aliphatic heterocycles. The van der Waals surface area contributed by atoms with Gasteiger partial charge in [0.15, 0.2) is 0 Å². The highest BCUT2D eigenvalue weighted by Crippen LogP contribution is 2.18. The number of aryl methyl sites for hydroxylation is 2. The first-order valence-corrected chi connectivity index (χ1v) is 8.14. The minimum absolute atomic E-state index is 0.289. The van der Waals surface area contributed by atoms with Crippen LogP contribution in [0.25, 0.3) is 0 Å². The van der Waals surface area contributed by atoms with Gasteiger partial charge in [0.1, 0.15) is 17.3 Å². The number of hydrogen-bond donors (Lipinski definition) is 2. The van der Waals surface area contributed by atoms with Crippen LogP contribution in [0.5, 0.6) is 0 Å². The van der Waals surface area contributed by atoms with Gasteiger partial charge >= 0.3 is 0 Å². The van der Waals surface area contributed by atoms with E-state index in [1.54, 1.807) is 37.3 Å². The summed E-state index contributed by atoms with van der Waals surface area (Å²) in [5.41, 5.74) is 3.01. The van der Waals surface area contributed by atoms with E-state index in [2.05, 4.69) is 20.6 Å². The maximum absolute atomic E-state index is 12.4. The number of carbonyl (C=O) groups excluding carboxylic acids is 1. The average molecular weight is 353 g/mol. The third kappa shape index (κ3) is 4.55. The maximum Gasteiger partial charge on any atom is 0.274 e. The van der Waals surface area contributed by atoms with Crippen molar-refractivity contribution in [3.63, 3.8) is 0 Å². The monoisotopic (exact) mass is 352 g/mol. The van der Waals surface area contributed by atoms with Gasteiger partial charge in [0, 0.05) is 22.5 Å². The van der Waals surface area contributed by atoms with Crippen LogP contribution >= 0.6 is 11.6 Å². The summed E-state index contributed by atoms with van der Waals surface area (Å²) in [4.78, 5) is 21.0. The molecule has 0 radical (unpaired) electrons. The summed E-state index contributed by atoms with van der Waals surface area (Å²) in [5, 5.41) is 6.60. The van der Waals surface area contributed by atoms with E-state index in [0.717, 1.165) is 5.69 Å². The molecule has 1 aromatic heterocycles. The third-order valence-electron chi connectivity index (χ3n) is 3.50. The van der Waals surface area contributed by atoms with Crippen molar-refractivity contribution < 1.29 is 4.79 Å². The molecular formula is C19H17ClN4O. The van der Waals surface area contributed by atoms with Crippen LogP contribution in [0.3, 0.4) is 0 Å². The zero-order valence-corrected chi connectivity index (χ0v) is 14.6. The molecule has 0 saturated carbocycles. The van der Waals surface area contributed by atoms with Crippen molar-refractivity contribution in [3.05, 3.63) is 76.7 Å². The minimum atomic E-state index is -0.306. The van der Waals surface area contributed by atoms with E-state index in [-0.39, 0.29) is 11.6 Å². The lowest BCUT2D eigenvalue weighted by atomic mass is 10.2. The van der Waals surface area contributed by atoms with Crippen LogP contribution in [0.1, 0.15) is 21.9 Å². The van der Waals surface area contributed by atoms with Crippen molar-refractivity contribution in [3.8, 4) is 0 Å². The third-order valence-corrected chi connectivity index (χ3v) is 3.75. The molecule has 1 amide bonds. The summed E-state index contributed by atoms with van der Waals surface area (Å²) in [6, 6.07) is 16.5. The highest BCUT2D eigenvalue weighted by Gasteiger charge is 2.11. The highest BCUT2D eigenvalue weighted by atomic mass is 35.5. The topological polar surface area (TPSA) is 66.9 Å². The fraction of sp³-hybridized carbons (Fsp3) is 0.105. The van der Waals surface area contributed by atoms with Gasteiger partial charge in [-0.25, -0.2) is 9.97 Å². The molecule has 0 fully saturated rings. The van der Waals surface area contributed by atoms with E-state index in [4.69, 9.17) is 11.6 Å². The van der Waals surface area contributed by atoms with Gasteiger partial charge in [0.05, 0.1) is 0 Å². The van der Waals surface area contributed by atoms with Crippen molar-refractivity contribution in [2.24, 2.45) is 0 Å². The number of nitrogens with zero attached hydrogens (tertiary/aromatic N) is 2. The molecule has 5 nitrogen and oxygen atoms in total. The molecule has 6 heteroatoms. The van der Waals surface area contributed by atoms with Crippen molar-refractivity contribution >= 4 is 34.7 Å². The SMILES string of the molecule is Cc1ccc(Nc2cc(C(=O)Nc3ccc(Cl)cc3)nc(C)n2)cc1. The molecule has 2 N–H and O–H groups in total. The molecule has 0 atom stereocenters. The molecule has 3 aromatic rings. The van der Waals surface area contributed by atoms with Crippen molar-refractivity contribution in [2.45, 2.75) is 13.8 Å². The normalized spacial score (nSPS) is 10.4. The lowest BCUT2D eigenvalue weighted by Gasteiger charge is -2.09. The summed E-state index contributed by atoms with van der Waals surface area (Å²) < 4.78 is 0. The van der Waals surface area contributed by atoms with Crippen molar-refractivity contribution in [1.29, 1.82) is 0 Å². The van der Waals surface area contributed by atoms with Crippen LogP contribution in [0.2, 0.25) is 5.02 Å². The van der Waals surface area contributed by atoms with Gasteiger partial charge in [0.2, 0.25) is 0 Å².